The van der Waals surface area contributed by atoms with Crippen molar-refractivity contribution >= 4 is 16.6 Å². The van der Waals surface area contributed by atoms with Gasteiger partial charge in [0.2, 0.25) is 0 Å². The van der Waals surface area contributed by atoms with Gasteiger partial charge < -0.3 is 11.1 Å². The Bertz CT molecular complexity index is 747. The van der Waals surface area contributed by atoms with Crippen molar-refractivity contribution in [3.63, 3.8) is 0 Å². The van der Waals surface area contributed by atoms with Crippen LogP contribution in [0.5, 0.6) is 0 Å². The molecule has 1 unspecified atom stereocenters. The zero-order chi connectivity index (χ0) is 14.7. The largest absolute Gasteiger partial charge is 0.377 e. The molecule has 1 heterocycles. The Labute approximate surface area is 124 Å². The molecule has 2 aromatic carbocycles. The number of anilines is 1. The Morgan fingerprint density at radius 2 is 1.90 bits per heavy atom. The van der Waals surface area contributed by atoms with Crippen LogP contribution in [0.4, 0.5) is 5.69 Å². The smallest absolute Gasteiger partial charge is 0.0755 e. The molecule has 0 saturated heterocycles. The van der Waals surface area contributed by atoms with Gasteiger partial charge in [0, 0.05) is 29.4 Å². The first kappa shape index (κ1) is 13.6. The minimum atomic E-state index is 0.0467. The molecule has 3 aromatic rings. The number of pyridine rings is 1. The van der Waals surface area contributed by atoms with Crippen LogP contribution in [-0.4, -0.2) is 11.5 Å². The van der Waals surface area contributed by atoms with E-state index < -0.39 is 0 Å². The minimum Gasteiger partial charge on any atom is -0.377 e. The van der Waals surface area contributed by atoms with E-state index in [0.29, 0.717) is 6.54 Å². The van der Waals surface area contributed by atoms with Crippen molar-refractivity contribution in [1.29, 1.82) is 0 Å². The molecule has 0 radical (unpaired) electrons. The number of aromatic nitrogens is 1. The third-order valence-corrected chi connectivity index (χ3v) is 3.63. The summed E-state index contributed by atoms with van der Waals surface area (Å²) >= 11 is 0. The Balaban J connectivity index is 1.98. The highest BCUT2D eigenvalue weighted by Crippen LogP contribution is 2.25. The van der Waals surface area contributed by atoms with Crippen molar-refractivity contribution < 1.29 is 0 Å². The summed E-state index contributed by atoms with van der Waals surface area (Å²) in [4.78, 5) is 4.51. The molecule has 0 saturated carbocycles. The summed E-state index contributed by atoms with van der Waals surface area (Å²) in [6, 6.07) is 18.6. The first-order valence-electron chi connectivity index (χ1n) is 7.15. The fraction of sp³-hybridized carbons (Fsp3) is 0.167. The van der Waals surface area contributed by atoms with Crippen LogP contribution in [0.25, 0.3) is 10.9 Å². The van der Waals surface area contributed by atoms with E-state index in [1.54, 1.807) is 0 Å². The Morgan fingerprint density at radius 3 is 2.71 bits per heavy atom. The molecule has 0 bridgehead atoms. The van der Waals surface area contributed by atoms with Gasteiger partial charge >= 0.3 is 0 Å². The van der Waals surface area contributed by atoms with Gasteiger partial charge in [0.05, 0.1) is 11.6 Å². The van der Waals surface area contributed by atoms with E-state index in [4.69, 9.17) is 5.73 Å². The summed E-state index contributed by atoms with van der Waals surface area (Å²) in [7, 11) is 0. The number of benzene rings is 2. The van der Waals surface area contributed by atoms with Crippen molar-refractivity contribution in [2.75, 3.05) is 11.9 Å². The summed E-state index contributed by atoms with van der Waals surface area (Å²) < 4.78 is 0. The van der Waals surface area contributed by atoms with E-state index in [1.165, 1.54) is 5.56 Å². The number of hydrogen-bond acceptors (Lipinski definition) is 3. The predicted octanol–water partition coefficient (Wildman–Crippen LogP) is 3.66. The summed E-state index contributed by atoms with van der Waals surface area (Å²) in [5, 5.41) is 4.65. The van der Waals surface area contributed by atoms with Crippen molar-refractivity contribution in [1.82, 2.24) is 4.98 Å². The molecule has 0 spiro atoms. The first-order valence-corrected chi connectivity index (χ1v) is 7.15. The van der Waals surface area contributed by atoms with Crippen LogP contribution >= 0.6 is 0 Å². The summed E-state index contributed by atoms with van der Waals surface area (Å²) in [6.07, 6.45) is 1.83. The van der Waals surface area contributed by atoms with Gasteiger partial charge in [-0.15, -0.1) is 0 Å². The highest BCUT2D eigenvalue weighted by atomic mass is 14.9. The third kappa shape index (κ3) is 2.88. The van der Waals surface area contributed by atoms with Gasteiger partial charge in [-0.1, -0.05) is 36.4 Å². The number of fused-ring (bicyclic) bond motifs is 1. The van der Waals surface area contributed by atoms with Crippen molar-refractivity contribution in [2.24, 2.45) is 5.73 Å². The quantitative estimate of drug-likeness (QED) is 0.765. The second-order valence-electron chi connectivity index (χ2n) is 5.22. The molecular weight excluding hydrogens is 258 g/mol. The lowest BCUT2D eigenvalue weighted by Crippen LogP contribution is -2.21. The average molecular weight is 277 g/mol. The number of para-hydroxylation sites is 1. The topological polar surface area (TPSA) is 50.9 Å². The lowest BCUT2D eigenvalue weighted by Gasteiger charge is -2.20. The molecule has 0 aliphatic rings. The minimum absolute atomic E-state index is 0.0467. The van der Waals surface area contributed by atoms with Crippen LogP contribution in [0.3, 0.4) is 0 Å². The highest BCUT2D eigenvalue weighted by molar-refractivity contribution is 5.82. The maximum absolute atomic E-state index is 5.99. The van der Waals surface area contributed by atoms with Gasteiger partial charge in [-0.2, -0.15) is 0 Å². The molecule has 0 aliphatic heterocycles. The molecule has 3 heteroatoms. The molecule has 3 nitrogen and oxygen atoms in total. The van der Waals surface area contributed by atoms with E-state index in [0.717, 1.165) is 22.2 Å². The van der Waals surface area contributed by atoms with Gasteiger partial charge in [0.25, 0.3) is 0 Å². The Morgan fingerprint density at radius 1 is 1.10 bits per heavy atom. The Kier molecular flexibility index (Phi) is 3.84. The normalized spacial score (nSPS) is 12.3. The van der Waals surface area contributed by atoms with Crippen molar-refractivity contribution in [3.05, 3.63) is 71.9 Å². The average Bonchev–Trinajstić information content (AvgIpc) is 2.52. The number of rotatable bonds is 4. The lowest BCUT2D eigenvalue weighted by atomic mass is 10.0. The van der Waals surface area contributed by atoms with Gasteiger partial charge in [0.15, 0.2) is 0 Å². The van der Waals surface area contributed by atoms with Gasteiger partial charge in [-0.05, 0) is 30.7 Å². The fourth-order valence-electron chi connectivity index (χ4n) is 2.61. The molecule has 0 fully saturated rings. The van der Waals surface area contributed by atoms with Gasteiger partial charge in [0.1, 0.15) is 0 Å². The van der Waals surface area contributed by atoms with E-state index >= 15 is 0 Å². The van der Waals surface area contributed by atoms with E-state index in [2.05, 4.69) is 59.7 Å². The molecule has 3 N–H and O–H groups in total. The maximum Gasteiger partial charge on any atom is 0.0755 e. The number of aryl methyl sites for hydroxylation is 1. The van der Waals surface area contributed by atoms with Crippen LogP contribution in [0.15, 0.2) is 60.8 Å². The zero-order valence-electron chi connectivity index (χ0n) is 12.1. The Hall–Kier alpha value is -2.39. The van der Waals surface area contributed by atoms with E-state index in [-0.39, 0.29) is 6.04 Å². The number of hydrogen-bond donors (Lipinski definition) is 2. The summed E-state index contributed by atoms with van der Waals surface area (Å²) in [5.74, 6) is 0. The van der Waals surface area contributed by atoms with E-state index in [9.17, 15) is 0 Å². The predicted molar refractivity (Wildman–Crippen MR) is 88.3 cm³/mol. The molecule has 3 rings (SSSR count). The van der Waals surface area contributed by atoms with Crippen LogP contribution in [0.1, 0.15) is 17.2 Å². The van der Waals surface area contributed by atoms with E-state index in [1.807, 2.05) is 18.3 Å². The third-order valence-electron chi connectivity index (χ3n) is 3.63. The van der Waals surface area contributed by atoms with Crippen LogP contribution in [0.2, 0.25) is 0 Å². The molecule has 1 atom stereocenters. The van der Waals surface area contributed by atoms with Crippen LogP contribution < -0.4 is 11.1 Å². The summed E-state index contributed by atoms with van der Waals surface area (Å²) in [6.45, 7) is 2.60. The SMILES string of the molecule is Cc1cccc(NC(CN)c2cccc3cccnc23)c1. The van der Waals surface area contributed by atoms with Gasteiger partial charge in [-0.25, -0.2) is 0 Å². The standard InChI is InChI=1S/C18H19N3/c1-13-5-2-8-15(11-13)21-17(12-19)16-9-3-6-14-7-4-10-20-18(14)16/h2-11,17,21H,12,19H2,1H3. The van der Waals surface area contributed by atoms with Crippen LogP contribution in [-0.2, 0) is 0 Å². The van der Waals surface area contributed by atoms with Crippen molar-refractivity contribution in [3.8, 4) is 0 Å². The van der Waals surface area contributed by atoms with Gasteiger partial charge in [-0.3, -0.25) is 4.98 Å². The lowest BCUT2D eigenvalue weighted by molar-refractivity contribution is 0.794. The number of nitrogens with one attached hydrogen (secondary N) is 1. The molecule has 1 aromatic heterocycles. The highest BCUT2D eigenvalue weighted by Gasteiger charge is 2.13. The molecule has 21 heavy (non-hydrogen) atoms. The molecule has 106 valence electrons. The molecule has 0 amide bonds. The second kappa shape index (κ2) is 5.94. The molecular formula is C18H19N3. The fourth-order valence-corrected chi connectivity index (χ4v) is 2.61. The second-order valence-corrected chi connectivity index (χ2v) is 5.22. The van der Waals surface area contributed by atoms with Crippen molar-refractivity contribution in [2.45, 2.75) is 13.0 Å². The first-order chi connectivity index (χ1) is 10.3. The number of nitrogens with two attached hydrogens (primary N) is 1. The molecule has 0 aliphatic carbocycles. The number of nitrogens with zero attached hydrogens (tertiary/aromatic N) is 1. The maximum atomic E-state index is 5.99. The monoisotopic (exact) mass is 277 g/mol. The zero-order valence-corrected chi connectivity index (χ0v) is 12.1. The summed E-state index contributed by atoms with van der Waals surface area (Å²) in [5.41, 5.74) is 10.4. The van der Waals surface area contributed by atoms with Crippen LogP contribution in [0, 0.1) is 6.92 Å².